The van der Waals surface area contributed by atoms with Crippen molar-refractivity contribution in [2.45, 2.75) is 20.8 Å². The summed E-state index contributed by atoms with van der Waals surface area (Å²) in [6.07, 6.45) is 3.24. The highest BCUT2D eigenvalue weighted by Gasteiger charge is 2.11. The third kappa shape index (κ3) is 5.09. The monoisotopic (exact) mass is 456 g/mol. The minimum absolute atomic E-state index is 0.230. The van der Waals surface area contributed by atoms with Crippen LogP contribution in [0.2, 0.25) is 0 Å². The molecule has 0 bridgehead atoms. The van der Waals surface area contributed by atoms with Gasteiger partial charge in [-0.25, -0.2) is 4.98 Å². The van der Waals surface area contributed by atoms with Crippen molar-refractivity contribution in [2.75, 3.05) is 11.9 Å². The van der Waals surface area contributed by atoms with Crippen molar-refractivity contribution < 1.29 is 9.53 Å². The molecule has 0 spiro atoms. The molecule has 1 aromatic heterocycles. The summed E-state index contributed by atoms with van der Waals surface area (Å²) in [5.74, 6) is 0.508. The van der Waals surface area contributed by atoms with E-state index in [9.17, 15) is 4.79 Å². The van der Waals surface area contributed by atoms with E-state index in [4.69, 9.17) is 4.74 Å². The zero-order valence-corrected chi connectivity index (χ0v) is 18.4. The van der Waals surface area contributed by atoms with Gasteiger partial charge in [-0.2, -0.15) is 0 Å². The maximum absolute atomic E-state index is 12.4. The third-order valence-corrected chi connectivity index (χ3v) is 5.42. The molecule has 0 fully saturated rings. The van der Waals surface area contributed by atoms with Gasteiger partial charge in [-0.1, -0.05) is 45.8 Å². The Balaban J connectivity index is 1.74. The molecule has 0 unspecified atom stereocenters. The summed E-state index contributed by atoms with van der Waals surface area (Å²) in [7, 11) is 0. The molecule has 3 rings (SSSR count). The van der Waals surface area contributed by atoms with E-state index in [0.29, 0.717) is 11.7 Å². The van der Waals surface area contributed by atoms with E-state index in [-0.39, 0.29) is 5.91 Å². The highest BCUT2D eigenvalue weighted by molar-refractivity contribution is 9.10. The Morgan fingerprint density at radius 2 is 1.96 bits per heavy atom. The minimum Gasteiger partial charge on any atom is -0.493 e. The Morgan fingerprint density at radius 3 is 2.68 bits per heavy atom. The average molecular weight is 457 g/mol. The minimum atomic E-state index is -0.230. The number of ether oxygens (including phenoxy) is 1. The predicted molar refractivity (Wildman–Crippen MR) is 120 cm³/mol. The normalized spacial score (nSPS) is 11.0. The van der Waals surface area contributed by atoms with Gasteiger partial charge in [0.2, 0.25) is 5.91 Å². The first-order valence-electron chi connectivity index (χ1n) is 8.92. The lowest BCUT2D eigenvalue weighted by atomic mass is 10.1. The number of benzene rings is 2. The van der Waals surface area contributed by atoms with Crippen LogP contribution in [0.4, 0.5) is 5.13 Å². The van der Waals surface area contributed by atoms with Crippen LogP contribution in [0.25, 0.3) is 17.3 Å². The summed E-state index contributed by atoms with van der Waals surface area (Å²) in [4.78, 5) is 18.0. The molecule has 1 N–H and O–H groups in total. The van der Waals surface area contributed by atoms with E-state index in [1.165, 1.54) is 23.0 Å². The number of nitrogens with zero attached hydrogens (tertiary/aromatic N) is 1. The van der Waals surface area contributed by atoms with Crippen molar-refractivity contribution in [1.82, 2.24) is 4.98 Å². The fraction of sp³-hybridized carbons (Fsp3) is 0.182. The molecule has 0 atom stereocenters. The van der Waals surface area contributed by atoms with Crippen LogP contribution in [0.3, 0.4) is 0 Å². The van der Waals surface area contributed by atoms with E-state index in [0.717, 1.165) is 31.9 Å². The van der Waals surface area contributed by atoms with Crippen LogP contribution in [-0.4, -0.2) is 17.5 Å². The lowest BCUT2D eigenvalue weighted by Crippen LogP contribution is -2.07. The van der Waals surface area contributed by atoms with Gasteiger partial charge in [0.15, 0.2) is 5.13 Å². The molecule has 0 radical (unpaired) electrons. The third-order valence-electron chi connectivity index (χ3n) is 4.04. The quantitative estimate of drug-likeness (QED) is 0.446. The Bertz CT molecular complexity index is 1010. The number of thiazole rings is 1. The largest absolute Gasteiger partial charge is 0.493 e. The van der Waals surface area contributed by atoms with Crippen molar-refractivity contribution in [2.24, 2.45) is 0 Å². The number of rotatable bonds is 6. The van der Waals surface area contributed by atoms with Crippen molar-refractivity contribution in [3.63, 3.8) is 0 Å². The number of carbonyl (C=O) groups excluding carboxylic acids is 1. The first-order chi connectivity index (χ1) is 13.5. The summed E-state index contributed by atoms with van der Waals surface area (Å²) in [6, 6.07) is 13.9. The second-order valence-electron chi connectivity index (χ2n) is 6.23. The highest BCUT2D eigenvalue weighted by atomic mass is 79.9. The number of aromatic nitrogens is 1. The first kappa shape index (κ1) is 20.3. The van der Waals surface area contributed by atoms with Gasteiger partial charge in [0.1, 0.15) is 5.75 Å². The molecule has 4 nitrogen and oxygen atoms in total. The van der Waals surface area contributed by atoms with E-state index >= 15 is 0 Å². The van der Waals surface area contributed by atoms with E-state index < -0.39 is 0 Å². The summed E-state index contributed by atoms with van der Waals surface area (Å²) in [6.45, 7) is 6.56. The Kier molecular flexibility index (Phi) is 6.65. The summed E-state index contributed by atoms with van der Waals surface area (Å²) in [5, 5.41) is 3.43. The van der Waals surface area contributed by atoms with Crippen LogP contribution in [-0.2, 0) is 4.79 Å². The van der Waals surface area contributed by atoms with E-state index in [1.807, 2.05) is 44.2 Å². The molecule has 1 amide bonds. The van der Waals surface area contributed by atoms with Crippen LogP contribution in [0.5, 0.6) is 5.75 Å². The number of hydrogen-bond donors (Lipinski definition) is 1. The number of halogens is 1. The number of nitrogens with one attached hydrogen (secondary N) is 1. The Morgan fingerprint density at radius 1 is 1.21 bits per heavy atom. The van der Waals surface area contributed by atoms with Crippen LogP contribution in [0.1, 0.15) is 22.9 Å². The number of aryl methyl sites for hydroxylation is 2. The molecule has 144 valence electrons. The molecule has 1 heterocycles. The van der Waals surface area contributed by atoms with Crippen LogP contribution >= 0.6 is 27.3 Å². The number of amides is 1. The van der Waals surface area contributed by atoms with Crippen LogP contribution in [0.15, 0.2) is 53.0 Å². The van der Waals surface area contributed by atoms with Crippen molar-refractivity contribution >= 4 is 44.4 Å². The predicted octanol–water partition coefficient (Wildman–Crippen LogP) is 6.24. The van der Waals surface area contributed by atoms with Crippen molar-refractivity contribution in [1.29, 1.82) is 0 Å². The molecular weight excluding hydrogens is 436 g/mol. The summed E-state index contributed by atoms with van der Waals surface area (Å²) >= 11 is 4.92. The molecule has 6 heteroatoms. The van der Waals surface area contributed by atoms with Gasteiger partial charge in [-0.15, -0.1) is 11.3 Å². The topological polar surface area (TPSA) is 51.2 Å². The van der Waals surface area contributed by atoms with Gasteiger partial charge in [-0.3, -0.25) is 10.1 Å². The van der Waals surface area contributed by atoms with Crippen molar-refractivity contribution in [3.05, 3.63) is 69.0 Å². The smallest absolute Gasteiger partial charge is 0.250 e. The number of carbonyl (C=O) groups is 1. The van der Waals surface area contributed by atoms with Crippen molar-refractivity contribution in [3.8, 4) is 17.0 Å². The van der Waals surface area contributed by atoms with Crippen LogP contribution in [0, 0.1) is 13.8 Å². The average Bonchev–Trinajstić information content (AvgIpc) is 3.02. The van der Waals surface area contributed by atoms with Crippen LogP contribution < -0.4 is 10.1 Å². The fourth-order valence-corrected chi connectivity index (χ4v) is 3.90. The van der Waals surface area contributed by atoms with Gasteiger partial charge in [0.05, 0.1) is 12.3 Å². The zero-order chi connectivity index (χ0) is 20.1. The number of hydrogen-bond acceptors (Lipinski definition) is 4. The van der Waals surface area contributed by atoms with Gasteiger partial charge >= 0.3 is 0 Å². The fourth-order valence-electron chi connectivity index (χ4n) is 2.68. The Labute approximate surface area is 177 Å². The summed E-state index contributed by atoms with van der Waals surface area (Å²) in [5.41, 5.74) is 3.98. The second kappa shape index (κ2) is 9.17. The molecule has 28 heavy (non-hydrogen) atoms. The van der Waals surface area contributed by atoms with Gasteiger partial charge < -0.3 is 4.74 Å². The molecule has 0 aliphatic rings. The molecule has 0 saturated carbocycles. The number of anilines is 1. The molecule has 3 aromatic rings. The van der Waals surface area contributed by atoms with Gasteiger partial charge in [0, 0.05) is 26.6 Å². The lowest BCUT2D eigenvalue weighted by Gasteiger charge is -2.07. The summed E-state index contributed by atoms with van der Waals surface area (Å²) < 4.78 is 6.53. The van der Waals surface area contributed by atoms with Gasteiger partial charge in [0.25, 0.3) is 0 Å². The molecule has 0 saturated heterocycles. The van der Waals surface area contributed by atoms with Gasteiger partial charge in [-0.05, 0) is 45.0 Å². The van der Waals surface area contributed by atoms with E-state index in [1.54, 1.807) is 6.08 Å². The zero-order valence-electron chi connectivity index (χ0n) is 16.0. The maximum atomic E-state index is 12.4. The molecule has 0 aliphatic carbocycles. The standard InChI is InChI=1S/C22H21BrN2O2S/c1-4-27-19-11-10-18(23)13-17(19)9-12-20(26)24-22-25-21(15(3)28-22)16-7-5-14(2)6-8-16/h5-13H,4H2,1-3H3,(H,24,25,26)/b12-9+. The maximum Gasteiger partial charge on any atom is 0.250 e. The first-order valence-corrected chi connectivity index (χ1v) is 10.5. The SMILES string of the molecule is CCOc1ccc(Br)cc1/C=C/C(=O)Nc1nc(-c2ccc(C)cc2)c(C)s1. The molecular formula is C22H21BrN2O2S. The second-order valence-corrected chi connectivity index (χ2v) is 8.35. The van der Waals surface area contributed by atoms with E-state index in [2.05, 4.69) is 45.3 Å². The highest BCUT2D eigenvalue weighted by Crippen LogP contribution is 2.30. The lowest BCUT2D eigenvalue weighted by molar-refractivity contribution is -0.111. The Hall–Kier alpha value is -2.44. The molecule has 0 aliphatic heterocycles. The molecule has 2 aromatic carbocycles.